The largest absolute Gasteiger partial charge is 0.360 e. The number of rotatable bonds is 7. The van der Waals surface area contributed by atoms with Crippen molar-refractivity contribution in [2.24, 2.45) is 0 Å². The van der Waals surface area contributed by atoms with Gasteiger partial charge in [-0.05, 0) is 26.2 Å². The summed E-state index contributed by atoms with van der Waals surface area (Å²) in [6.45, 7) is 4.22. The summed E-state index contributed by atoms with van der Waals surface area (Å²) in [5.41, 5.74) is 0.416. The van der Waals surface area contributed by atoms with Crippen molar-refractivity contribution in [1.82, 2.24) is 10.5 Å². The molecule has 1 fully saturated rings. The second-order valence-electron chi connectivity index (χ2n) is 5.26. The molecule has 0 radical (unpaired) electrons. The van der Waals surface area contributed by atoms with Crippen LogP contribution in [-0.2, 0) is 0 Å². The molecule has 4 nitrogen and oxygen atoms in total. The maximum Gasteiger partial charge on any atom is 0.273 e. The minimum Gasteiger partial charge on any atom is -0.360 e. The number of aromatic nitrogens is 1. The Bertz CT molecular complexity index is 396. The number of carbonyl (C=O) groups is 1. The molecule has 1 N–H and O–H groups in total. The van der Waals surface area contributed by atoms with Gasteiger partial charge in [0.1, 0.15) is 5.76 Å². The van der Waals surface area contributed by atoms with E-state index in [1.807, 2.05) is 6.92 Å². The average Bonchev–Trinajstić information content (AvgIpc) is 3.07. The number of nitrogens with zero attached hydrogens (tertiary/aromatic N) is 1. The van der Waals surface area contributed by atoms with Gasteiger partial charge in [-0.25, -0.2) is 0 Å². The predicted molar refractivity (Wildman–Crippen MR) is 69.5 cm³/mol. The third-order valence-corrected chi connectivity index (χ3v) is 3.36. The zero-order valence-electron chi connectivity index (χ0n) is 11.2. The minimum atomic E-state index is -0.116. The minimum absolute atomic E-state index is 0.116. The lowest BCUT2D eigenvalue weighted by Gasteiger charge is -2.11. The molecule has 18 heavy (non-hydrogen) atoms. The lowest BCUT2D eigenvalue weighted by atomic mass is 10.1. The van der Waals surface area contributed by atoms with Gasteiger partial charge in [-0.3, -0.25) is 4.79 Å². The van der Waals surface area contributed by atoms with Gasteiger partial charge < -0.3 is 9.84 Å². The molecule has 0 spiro atoms. The molecule has 1 aromatic rings. The average molecular weight is 250 g/mol. The monoisotopic (exact) mass is 250 g/mol. The first-order chi connectivity index (χ1) is 8.70. The number of nitrogens with one attached hydrogen (secondary N) is 1. The molecule has 0 bridgehead atoms. The van der Waals surface area contributed by atoms with Crippen molar-refractivity contribution in [2.45, 2.75) is 64.3 Å². The van der Waals surface area contributed by atoms with Crippen LogP contribution in [-0.4, -0.2) is 17.1 Å². The number of carbonyl (C=O) groups excluding carboxylic acids is 1. The first-order valence-corrected chi connectivity index (χ1v) is 6.98. The van der Waals surface area contributed by atoms with Crippen molar-refractivity contribution >= 4 is 5.91 Å². The van der Waals surface area contributed by atoms with E-state index in [4.69, 9.17) is 4.52 Å². The second-order valence-corrected chi connectivity index (χ2v) is 5.26. The molecule has 1 aliphatic rings. The van der Waals surface area contributed by atoms with E-state index >= 15 is 0 Å². The maximum absolute atomic E-state index is 11.9. The quantitative estimate of drug-likeness (QED) is 0.756. The molecule has 2 rings (SSSR count). The second kappa shape index (κ2) is 6.03. The molecule has 0 saturated heterocycles. The van der Waals surface area contributed by atoms with E-state index in [-0.39, 0.29) is 11.9 Å². The molecule has 1 saturated carbocycles. The standard InChI is InChI=1S/C14H22N2O2/c1-3-4-5-6-10(2)15-14(17)12-9-13(18-16-12)11-7-8-11/h9-11H,3-8H2,1-2H3,(H,15,17). The lowest BCUT2D eigenvalue weighted by molar-refractivity contribution is 0.0928. The molecule has 1 unspecified atom stereocenters. The molecule has 1 amide bonds. The van der Waals surface area contributed by atoms with Crippen molar-refractivity contribution in [3.05, 3.63) is 17.5 Å². The number of hydrogen-bond donors (Lipinski definition) is 1. The zero-order valence-corrected chi connectivity index (χ0v) is 11.2. The first-order valence-electron chi connectivity index (χ1n) is 6.98. The summed E-state index contributed by atoms with van der Waals surface area (Å²) in [6, 6.07) is 1.98. The van der Waals surface area contributed by atoms with Crippen LogP contribution >= 0.6 is 0 Å². The van der Waals surface area contributed by atoms with Gasteiger partial charge in [0.2, 0.25) is 0 Å². The van der Waals surface area contributed by atoms with E-state index in [0.717, 1.165) is 31.4 Å². The van der Waals surface area contributed by atoms with Crippen LogP contribution in [0.25, 0.3) is 0 Å². The highest BCUT2D eigenvalue weighted by molar-refractivity contribution is 5.92. The van der Waals surface area contributed by atoms with Crippen LogP contribution in [0.4, 0.5) is 0 Å². The van der Waals surface area contributed by atoms with Crippen LogP contribution < -0.4 is 5.32 Å². The fraction of sp³-hybridized carbons (Fsp3) is 0.714. The van der Waals surface area contributed by atoms with Gasteiger partial charge in [0.25, 0.3) is 5.91 Å². The molecule has 0 aromatic carbocycles. The van der Waals surface area contributed by atoms with Crippen LogP contribution in [0.2, 0.25) is 0 Å². The third-order valence-electron chi connectivity index (χ3n) is 3.36. The molecule has 1 aromatic heterocycles. The summed E-state index contributed by atoms with van der Waals surface area (Å²) >= 11 is 0. The van der Waals surface area contributed by atoms with Gasteiger partial charge in [0.05, 0.1) is 0 Å². The number of amides is 1. The summed E-state index contributed by atoms with van der Waals surface area (Å²) < 4.78 is 5.18. The molecule has 0 aliphatic heterocycles. The van der Waals surface area contributed by atoms with Crippen LogP contribution in [0.1, 0.15) is 74.5 Å². The Labute approximate surface area is 108 Å². The van der Waals surface area contributed by atoms with Gasteiger partial charge in [-0.2, -0.15) is 0 Å². The van der Waals surface area contributed by atoms with Crippen LogP contribution in [0.3, 0.4) is 0 Å². The maximum atomic E-state index is 11.9. The fourth-order valence-corrected chi connectivity index (χ4v) is 2.03. The van der Waals surface area contributed by atoms with Crippen molar-refractivity contribution in [3.8, 4) is 0 Å². The Morgan fingerprint density at radius 1 is 1.56 bits per heavy atom. The summed E-state index contributed by atoms with van der Waals surface area (Å²) in [6.07, 6.45) is 6.91. The molecule has 4 heteroatoms. The van der Waals surface area contributed by atoms with E-state index in [1.54, 1.807) is 6.07 Å². The molecule has 1 heterocycles. The lowest BCUT2D eigenvalue weighted by Crippen LogP contribution is -2.32. The summed E-state index contributed by atoms with van der Waals surface area (Å²) in [4.78, 5) is 11.9. The Morgan fingerprint density at radius 2 is 2.33 bits per heavy atom. The molecule has 1 aliphatic carbocycles. The summed E-state index contributed by atoms with van der Waals surface area (Å²) in [5.74, 6) is 1.24. The van der Waals surface area contributed by atoms with Gasteiger partial charge in [0.15, 0.2) is 5.69 Å². The third kappa shape index (κ3) is 3.59. The molecule has 1 atom stereocenters. The zero-order chi connectivity index (χ0) is 13.0. The van der Waals surface area contributed by atoms with Crippen LogP contribution in [0.5, 0.6) is 0 Å². The Balaban J connectivity index is 1.78. The Hall–Kier alpha value is -1.32. The highest BCUT2D eigenvalue weighted by atomic mass is 16.5. The van der Waals surface area contributed by atoms with Crippen molar-refractivity contribution in [3.63, 3.8) is 0 Å². The highest BCUT2D eigenvalue weighted by Crippen LogP contribution is 2.40. The van der Waals surface area contributed by atoms with Gasteiger partial charge >= 0.3 is 0 Å². The van der Waals surface area contributed by atoms with Gasteiger partial charge in [0, 0.05) is 18.0 Å². The normalized spacial score (nSPS) is 16.6. The van der Waals surface area contributed by atoms with E-state index in [9.17, 15) is 4.79 Å². The summed E-state index contributed by atoms with van der Waals surface area (Å²) in [5, 5.41) is 6.81. The highest BCUT2D eigenvalue weighted by Gasteiger charge is 2.29. The Morgan fingerprint density at radius 3 is 3.00 bits per heavy atom. The smallest absolute Gasteiger partial charge is 0.273 e. The molecule has 100 valence electrons. The number of unbranched alkanes of at least 4 members (excludes halogenated alkanes) is 2. The van der Waals surface area contributed by atoms with E-state index in [1.165, 1.54) is 12.8 Å². The van der Waals surface area contributed by atoms with E-state index in [2.05, 4.69) is 17.4 Å². The summed E-state index contributed by atoms with van der Waals surface area (Å²) in [7, 11) is 0. The SMILES string of the molecule is CCCCCC(C)NC(=O)c1cc(C2CC2)on1. The van der Waals surface area contributed by atoms with Gasteiger partial charge in [-0.1, -0.05) is 31.3 Å². The molecular weight excluding hydrogens is 228 g/mol. The van der Waals surface area contributed by atoms with Crippen LogP contribution in [0, 0.1) is 0 Å². The predicted octanol–water partition coefficient (Wildman–Crippen LogP) is 3.25. The number of hydrogen-bond acceptors (Lipinski definition) is 3. The van der Waals surface area contributed by atoms with E-state index < -0.39 is 0 Å². The van der Waals surface area contributed by atoms with Gasteiger partial charge in [-0.15, -0.1) is 0 Å². The molecular formula is C14H22N2O2. The fourth-order valence-electron chi connectivity index (χ4n) is 2.03. The first kappa shape index (κ1) is 13.1. The Kier molecular flexibility index (Phi) is 4.39. The van der Waals surface area contributed by atoms with Crippen LogP contribution in [0.15, 0.2) is 10.6 Å². The topological polar surface area (TPSA) is 55.1 Å². The van der Waals surface area contributed by atoms with Crippen molar-refractivity contribution in [2.75, 3.05) is 0 Å². The van der Waals surface area contributed by atoms with Crippen molar-refractivity contribution in [1.29, 1.82) is 0 Å². The van der Waals surface area contributed by atoms with E-state index in [0.29, 0.717) is 11.6 Å². The van der Waals surface area contributed by atoms with Crippen molar-refractivity contribution < 1.29 is 9.32 Å².